The van der Waals surface area contributed by atoms with Gasteiger partial charge in [0, 0.05) is 7.05 Å². The van der Waals surface area contributed by atoms with Crippen molar-refractivity contribution in [1.82, 2.24) is 20.2 Å². The van der Waals surface area contributed by atoms with Gasteiger partial charge in [0.1, 0.15) is 0 Å². The van der Waals surface area contributed by atoms with Crippen LogP contribution in [-0.2, 0) is 7.05 Å². The molecule has 1 aromatic rings. The predicted octanol–water partition coefficient (Wildman–Crippen LogP) is -1.75. The summed E-state index contributed by atoms with van der Waals surface area (Å²) in [6, 6.07) is 0. The Bertz CT molecular complexity index is 341. The van der Waals surface area contributed by atoms with Gasteiger partial charge in [-0.3, -0.25) is 0 Å². The van der Waals surface area contributed by atoms with Crippen molar-refractivity contribution in [2.24, 2.45) is 7.05 Å². The van der Waals surface area contributed by atoms with Crippen molar-refractivity contribution in [1.29, 1.82) is 0 Å². The third kappa shape index (κ3) is 5.00. The topological polar surface area (TPSA) is 43.6 Å². The van der Waals surface area contributed by atoms with E-state index in [0.717, 1.165) is 11.8 Å². The number of halogens is 3. The van der Waals surface area contributed by atoms with Crippen molar-refractivity contribution in [2.75, 3.05) is 5.75 Å². The molecule has 0 amide bonds. The van der Waals surface area contributed by atoms with Crippen LogP contribution in [0, 0.1) is 0 Å². The number of nitrogens with zero attached hydrogens (tertiary/aromatic N) is 4. The van der Waals surface area contributed by atoms with Crippen LogP contribution in [0.3, 0.4) is 0 Å². The van der Waals surface area contributed by atoms with Crippen molar-refractivity contribution >= 4 is 18.7 Å². The normalized spacial score (nSPS) is 10.9. The van der Waals surface area contributed by atoms with Gasteiger partial charge in [0.25, 0.3) is 0 Å². The van der Waals surface area contributed by atoms with Crippen LogP contribution in [0.5, 0.6) is 0 Å². The second-order valence-corrected chi connectivity index (χ2v) is 3.55. The summed E-state index contributed by atoms with van der Waals surface area (Å²) in [5.74, 6) is -0.238. The summed E-state index contributed by atoms with van der Waals surface area (Å²) in [5.41, 5.74) is -0.738. The fourth-order valence-corrected chi connectivity index (χ4v) is 1.42. The summed E-state index contributed by atoms with van der Waals surface area (Å²) >= 11 is 0.912. The Morgan fingerprint density at radius 2 is 2.13 bits per heavy atom. The Balaban J connectivity index is 0.00000196. The first kappa shape index (κ1) is 15.7. The molecule has 0 aliphatic carbocycles. The third-order valence-electron chi connectivity index (χ3n) is 1.43. The molecule has 15 heavy (non-hydrogen) atoms. The maximum atomic E-state index is 12.1. The SMILES string of the molecule is C=C(CSc1nnnn1C)[B-](F)(F)F.[K+]. The van der Waals surface area contributed by atoms with Crippen LogP contribution in [-0.4, -0.2) is 32.9 Å². The second-order valence-electron chi connectivity index (χ2n) is 2.61. The molecule has 10 heteroatoms. The molecule has 0 fully saturated rings. The van der Waals surface area contributed by atoms with Crippen LogP contribution >= 0.6 is 11.8 Å². The number of hydrogen-bond acceptors (Lipinski definition) is 4. The van der Waals surface area contributed by atoms with Gasteiger partial charge < -0.3 is 12.9 Å². The largest absolute Gasteiger partial charge is 1.00 e. The van der Waals surface area contributed by atoms with E-state index in [-0.39, 0.29) is 57.1 Å². The van der Waals surface area contributed by atoms with Crippen LogP contribution in [0.2, 0.25) is 0 Å². The molecule has 0 spiro atoms. The summed E-state index contributed by atoms with van der Waals surface area (Å²) in [7, 11) is 1.56. The second kappa shape index (κ2) is 6.40. The van der Waals surface area contributed by atoms with Gasteiger partial charge in [0.2, 0.25) is 5.16 Å². The fraction of sp³-hybridized carbons (Fsp3) is 0.400. The first-order valence-electron chi connectivity index (χ1n) is 3.64. The van der Waals surface area contributed by atoms with Gasteiger partial charge in [0.15, 0.2) is 0 Å². The van der Waals surface area contributed by atoms with Crippen molar-refractivity contribution < 1.29 is 64.3 Å². The molecule has 4 nitrogen and oxygen atoms in total. The number of hydrogen-bond donors (Lipinski definition) is 0. The van der Waals surface area contributed by atoms with Gasteiger partial charge in [-0.15, -0.1) is 17.2 Å². The summed E-state index contributed by atoms with van der Waals surface area (Å²) < 4.78 is 37.5. The number of aromatic nitrogens is 4. The Kier molecular flexibility index (Phi) is 6.68. The molecule has 0 saturated carbocycles. The molecule has 1 aromatic heterocycles. The average molecular weight is 262 g/mol. The molecular formula is C5H7BF3KN4S. The van der Waals surface area contributed by atoms with E-state index in [9.17, 15) is 12.9 Å². The smallest absolute Gasteiger partial charge is 0.445 e. The maximum Gasteiger partial charge on any atom is 1.00 e. The zero-order valence-electron chi connectivity index (χ0n) is 8.32. The Hall–Kier alpha value is 0.651. The quantitative estimate of drug-likeness (QED) is 0.477. The third-order valence-corrected chi connectivity index (χ3v) is 2.55. The zero-order valence-corrected chi connectivity index (χ0v) is 12.3. The number of thioether (sulfide) groups is 1. The van der Waals surface area contributed by atoms with E-state index in [2.05, 4.69) is 22.1 Å². The zero-order chi connectivity index (χ0) is 10.8. The molecule has 0 aliphatic rings. The van der Waals surface area contributed by atoms with Crippen molar-refractivity contribution in [3.63, 3.8) is 0 Å². The van der Waals surface area contributed by atoms with Crippen LogP contribution in [0.25, 0.3) is 0 Å². The Labute approximate surface area is 132 Å². The van der Waals surface area contributed by atoms with E-state index in [0.29, 0.717) is 5.16 Å². The minimum Gasteiger partial charge on any atom is -0.445 e. The molecule has 0 aliphatic heterocycles. The average Bonchev–Trinajstić information content (AvgIpc) is 2.45. The first-order chi connectivity index (χ1) is 6.41. The molecule has 0 unspecified atom stereocenters. The summed E-state index contributed by atoms with van der Waals surface area (Å²) in [6.45, 7) is -2.00. The molecule has 0 bridgehead atoms. The van der Waals surface area contributed by atoms with Crippen molar-refractivity contribution in [3.05, 3.63) is 12.1 Å². The fourth-order valence-electron chi connectivity index (χ4n) is 0.595. The number of tetrazole rings is 1. The van der Waals surface area contributed by atoms with E-state index >= 15 is 0 Å². The number of aryl methyl sites for hydroxylation is 1. The van der Waals surface area contributed by atoms with E-state index in [1.807, 2.05) is 0 Å². The molecule has 78 valence electrons. The van der Waals surface area contributed by atoms with Gasteiger partial charge >= 0.3 is 58.4 Å². The molecular weight excluding hydrogens is 255 g/mol. The Morgan fingerprint density at radius 3 is 2.53 bits per heavy atom. The van der Waals surface area contributed by atoms with E-state index in [1.54, 1.807) is 7.05 Å². The van der Waals surface area contributed by atoms with Gasteiger partial charge in [-0.05, 0) is 16.2 Å². The maximum absolute atomic E-state index is 12.1. The molecule has 0 aromatic carbocycles. The molecule has 0 saturated heterocycles. The molecule has 0 N–H and O–H groups in total. The molecule has 1 heterocycles. The van der Waals surface area contributed by atoms with Crippen LogP contribution in [0.4, 0.5) is 12.9 Å². The minimum absolute atomic E-state index is 0. The summed E-state index contributed by atoms with van der Waals surface area (Å²) in [6.07, 6.45) is 0. The summed E-state index contributed by atoms with van der Waals surface area (Å²) in [5, 5.41) is 10.7. The van der Waals surface area contributed by atoms with Gasteiger partial charge in [0.05, 0.1) is 0 Å². The molecule has 0 radical (unpaired) electrons. The monoisotopic (exact) mass is 262 g/mol. The number of rotatable bonds is 4. The summed E-state index contributed by atoms with van der Waals surface area (Å²) in [4.78, 5) is 0. The van der Waals surface area contributed by atoms with Crippen LogP contribution in [0.15, 0.2) is 17.2 Å². The van der Waals surface area contributed by atoms with Gasteiger partial charge in [-0.1, -0.05) is 11.8 Å². The predicted molar refractivity (Wildman–Crippen MR) is 47.7 cm³/mol. The van der Waals surface area contributed by atoms with Gasteiger partial charge in [-0.2, -0.15) is 0 Å². The van der Waals surface area contributed by atoms with Crippen molar-refractivity contribution in [3.8, 4) is 0 Å². The van der Waals surface area contributed by atoms with Crippen molar-refractivity contribution in [2.45, 2.75) is 5.16 Å². The van der Waals surface area contributed by atoms with Crippen LogP contribution < -0.4 is 51.4 Å². The molecule has 1 rings (SSSR count). The Morgan fingerprint density at radius 1 is 1.53 bits per heavy atom. The van der Waals surface area contributed by atoms with Crippen LogP contribution in [0.1, 0.15) is 0 Å². The minimum atomic E-state index is -4.96. The standard InChI is InChI=1S/C5H7BF3N4S.K/c1-4(6(7,8)9)3-14-5-10-11-12-13(5)2;/h1,3H2,2H3;/q-1;+1. The van der Waals surface area contributed by atoms with E-state index < -0.39 is 12.4 Å². The van der Waals surface area contributed by atoms with Gasteiger partial charge in [-0.25, -0.2) is 4.68 Å². The molecule has 0 atom stereocenters. The first-order valence-corrected chi connectivity index (χ1v) is 4.62. The van der Waals surface area contributed by atoms with E-state index in [1.165, 1.54) is 4.68 Å². The van der Waals surface area contributed by atoms with E-state index in [4.69, 9.17) is 0 Å².